The van der Waals surface area contributed by atoms with Crippen molar-refractivity contribution < 1.29 is 4.79 Å². The van der Waals surface area contributed by atoms with E-state index >= 15 is 0 Å². The number of aromatic nitrogens is 1. The van der Waals surface area contributed by atoms with E-state index in [0.29, 0.717) is 6.54 Å². The Hall–Kier alpha value is -0.360. The highest BCUT2D eigenvalue weighted by Gasteiger charge is 2.14. The van der Waals surface area contributed by atoms with Crippen LogP contribution in [0.4, 0.5) is 0 Å². The average molecular weight is 328 g/mol. The number of nitrogens with one attached hydrogen (secondary N) is 1. The maximum atomic E-state index is 11.9. The third-order valence-corrected chi connectivity index (χ3v) is 3.61. The highest BCUT2D eigenvalue weighted by atomic mass is 35.5. The number of nitrogens with two attached hydrogens (primary N) is 1. The molecule has 1 aromatic rings. The first kappa shape index (κ1) is 20.9. The van der Waals surface area contributed by atoms with Gasteiger partial charge in [-0.2, -0.15) is 0 Å². The summed E-state index contributed by atoms with van der Waals surface area (Å²) in [6.45, 7) is 6.55. The van der Waals surface area contributed by atoms with Gasteiger partial charge in [0.15, 0.2) is 0 Å². The van der Waals surface area contributed by atoms with Gasteiger partial charge in [-0.05, 0) is 33.1 Å². The average Bonchev–Trinajstić information content (AvgIpc) is 2.59. The summed E-state index contributed by atoms with van der Waals surface area (Å²) in [4.78, 5) is 17.0. The number of rotatable bonds is 6. The van der Waals surface area contributed by atoms with E-state index < -0.39 is 0 Å². The minimum atomic E-state index is -0.0250. The second-order valence-electron chi connectivity index (χ2n) is 4.29. The number of nitrogens with zero attached hydrogens (tertiary/aromatic N) is 1. The summed E-state index contributed by atoms with van der Waals surface area (Å²) >= 11 is 1.50. The molecule has 0 aromatic carbocycles. The van der Waals surface area contributed by atoms with E-state index in [1.807, 2.05) is 13.8 Å². The lowest BCUT2D eigenvalue weighted by atomic mass is 10.2. The Bertz CT molecular complexity index is 383. The van der Waals surface area contributed by atoms with Crippen molar-refractivity contribution in [1.29, 1.82) is 0 Å². The number of hydrogen-bond acceptors (Lipinski definition) is 4. The fourth-order valence-corrected chi connectivity index (χ4v) is 2.56. The van der Waals surface area contributed by atoms with Crippen molar-refractivity contribution >= 4 is 42.1 Å². The standard InChI is InChI=1S/C12H21N3OS.2ClH/c1-4-5-10-15-9(3)11(17-10)12(16)14-7-6-8(2)13;;/h8H,4-7,13H2,1-3H3,(H,14,16);2*1H. The molecule has 0 aliphatic heterocycles. The van der Waals surface area contributed by atoms with E-state index in [9.17, 15) is 4.79 Å². The Morgan fingerprint density at radius 3 is 2.63 bits per heavy atom. The van der Waals surface area contributed by atoms with Crippen LogP contribution in [-0.2, 0) is 6.42 Å². The van der Waals surface area contributed by atoms with Crippen LogP contribution in [0.1, 0.15) is 47.1 Å². The number of hydrogen-bond donors (Lipinski definition) is 2. The molecular formula is C12H23Cl2N3OS. The molecule has 0 saturated carbocycles. The van der Waals surface area contributed by atoms with Gasteiger partial charge < -0.3 is 11.1 Å². The molecule has 0 bridgehead atoms. The van der Waals surface area contributed by atoms with Gasteiger partial charge in [0, 0.05) is 12.6 Å². The van der Waals surface area contributed by atoms with Crippen LogP contribution in [0, 0.1) is 6.92 Å². The molecule has 112 valence electrons. The van der Waals surface area contributed by atoms with Crippen LogP contribution in [0.15, 0.2) is 0 Å². The fraction of sp³-hybridized carbons (Fsp3) is 0.667. The molecule has 0 fully saturated rings. The maximum Gasteiger partial charge on any atom is 0.263 e. The van der Waals surface area contributed by atoms with E-state index in [4.69, 9.17) is 5.73 Å². The molecule has 0 aliphatic rings. The zero-order chi connectivity index (χ0) is 12.8. The lowest BCUT2D eigenvalue weighted by Gasteiger charge is -2.06. The van der Waals surface area contributed by atoms with E-state index in [1.54, 1.807) is 0 Å². The molecule has 7 heteroatoms. The number of amides is 1. The zero-order valence-corrected chi connectivity index (χ0v) is 14.0. The van der Waals surface area contributed by atoms with Gasteiger partial charge in [-0.1, -0.05) is 6.92 Å². The number of thiazole rings is 1. The van der Waals surface area contributed by atoms with Gasteiger partial charge in [-0.15, -0.1) is 36.2 Å². The SMILES string of the molecule is CCCc1nc(C)c(C(=O)NCCC(C)N)s1.Cl.Cl. The molecule has 1 aromatic heterocycles. The van der Waals surface area contributed by atoms with Gasteiger partial charge in [0.05, 0.1) is 10.7 Å². The monoisotopic (exact) mass is 327 g/mol. The molecule has 0 radical (unpaired) electrons. The molecule has 0 spiro atoms. The third-order valence-electron chi connectivity index (χ3n) is 2.40. The van der Waals surface area contributed by atoms with Crippen molar-refractivity contribution in [3.05, 3.63) is 15.6 Å². The van der Waals surface area contributed by atoms with Crippen LogP contribution in [0.2, 0.25) is 0 Å². The molecule has 19 heavy (non-hydrogen) atoms. The van der Waals surface area contributed by atoms with E-state index in [2.05, 4.69) is 17.2 Å². The molecule has 1 heterocycles. The van der Waals surface area contributed by atoms with Gasteiger partial charge >= 0.3 is 0 Å². The molecule has 1 rings (SSSR count). The fourth-order valence-electron chi connectivity index (χ4n) is 1.48. The topological polar surface area (TPSA) is 68.0 Å². The summed E-state index contributed by atoms with van der Waals surface area (Å²) in [5, 5.41) is 3.92. The van der Waals surface area contributed by atoms with Crippen molar-refractivity contribution in [2.45, 2.75) is 46.1 Å². The summed E-state index contributed by atoms with van der Waals surface area (Å²) in [6.07, 6.45) is 2.79. The van der Waals surface area contributed by atoms with Crippen molar-refractivity contribution in [2.24, 2.45) is 5.73 Å². The van der Waals surface area contributed by atoms with E-state index in [-0.39, 0.29) is 36.8 Å². The van der Waals surface area contributed by atoms with Crippen LogP contribution in [0.3, 0.4) is 0 Å². The predicted molar refractivity (Wildman–Crippen MR) is 85.9 cm³/mol. The number of halogens is 2. The molecular weight excluding hydrogens is 305 g/mol. The molecule has 1 atom stereocenters. The third kappa shape index (κ3) is 7.11. The first-order chi connectivity index (χ1) is 8.04. The molecule has 0 aliphatic carbocycles. The molecule has 1 amide bonds. The van der Waals surface area contributed by atoms with Crippen molar-refractivity contribution in [2.75, 3.05) is 6.54 Å². The van der Waals surface area contributed by atoms with Gasteiger partial charge in [0.2, 0.25) is 0 Å². The smallest absolute Gasteiger partial charge is 0.263 e. The van der Waals surface area contributed by atoms with Crippen molar-refractivity contribution in [3.8, 4) is 0 Å². The van der Waals surface area contributed by atoms with E-state index in [1.165, 1.54) is 11.3 Å². The van der Waals surface area contributed by atoms with Crippen molar-refractivity contribution in [3.63, 3.8) is 0 Å². The van der Waals surface area contributed by atoms with Crippen LogP contribution in [0.5, 0.6) is 0 Å². The predicted octanol–water partition coefficient (Wildman–Crippen LogP) is 2.71. The largest absolute Gasteiger partial charge is 0.351 e. The lowest BCUT2D eigenvalue weighted by molar-refractivity contribution is 0.0956. The van der Waals surface area contributed by atoms with E-state index in [0.717, 1.165) is 34.8 Å². The van der Waals surface area contributed by atoms with Gasteiger partial charge in [-0.3, -0.25) is 4.79 Å². The first-order valence-electron chi connectivity index (χ1n) is 6.04. The zero-order valence-electron chi connectivity index (χ0n) is 11.6. The highest BCUT2D eigenvalue weighted by molar-refractivity contribution is 7.13. The number of aryl methyl sites for hydroxylation is 2. The summed E-state index contributed by atoms with van der Waals surface area (Å²) in [5.74, 6) is -0.0250. The van der Waals surface area contributed by atoms with Gasteiger partial charge in [-0.25, -0.2) is 4.98 Å². The lowest BCUT2D eigenvalue weighted by Crippen LogP contribution is -2.28. The normalized spacial score (nSPS) is 11.2. The Morgan fingerprint density at radius 2 is 2.11 bits per heavy atom. The summed E-state index contributed by atoms with van der Waals surface area (Å²) < 4.78 is 0. The molecule has 0 saturated heterocycles. The minimum absolute atomic E-state index is 0. The van der Waals surface area contributed by atoms with Crippen molar-refractivity contribution in [1.82, 2.24) is 10.3 Å². The second-order valence-corrected chi connectivity index (χ2v) is 5.38. The second kappa shape index (κ2) is 10.4. The maximum absolute atomic E-state index is 11.9. The summed E-state index contributed by atoms with van der Waals surface area (Å²) in [7, 11) is 0. The first-order valence-corrected chi connectivity index (χ1v) is 6.86. The number of carbonyl (C=O) groups excluding carboxylic acids is 1. The van der Waals surface area contributed by atoms with Crippen LogP contribution < -0.4 is 11.1 Å². The molecule has 4 nitrogen and oxygen atoms in total. The number of carbonyl (C=O) groups is 1. The highest BCUT2D eigenvalue weighted by Crippen LogP contribution is 2.19. The van der Waals surface area contributed by atoms with Gasteiger partial charge in [0.1, 0.15) is 4.88 Å². The molecule has 1 unspecified atom stereocenters. The van der Waals surface area contributed by atoms with Crippen LogP contribution in [-0.4, -0.2) is 23.5 Å². The Morgan fingerprint density at radius 1 is 1.47 bits per heavy atom. The Kier molecular flexibility index (Phi) is 11.5. The Labute approximate surface area is 131 Å². The van der Waals surface area contributed by atoms with Crippen LogP contribution in [0.25, 0.3) is 0 Å². The van der Waals surface area contributed by atoms with Gasteiger partial charge in [0.25, 0.3) is 5.91 Å². The summed E-state index contributed by atoms with van der Waals surface area (Å²) in [6, 6.07) is 0.119. The molecule has 3 N–H and O–H groups in total. The quantitative estimate of drug-likeness (QED) is 0.844. The summed E-state index contributed by atoms with van der Waals surface area (Å²) in [5.41, 5.74) is 6.46. The minimum Gasteiger partial charge on any atom is -0.351 e. The Balaban J connectivity index is 0. The van der Waals surface area contributed by atoms with Crippen LogP contribution >= 0.6 is 36.2 Å².